The van der Waals surface area contributed by atoms with Crippen LogP contribution in [0.3, 0.4) is 0 Å². The first kappa shape index (κ1) is 11.6. The minimum atomic E-state index is 0.259. The summed E-state index contributed by atoms with van der Waals surface area (Å²) < 4.78 is 10.9. The summed E-state index contributed by atoms with van der Waals surface area (Å²) in [7, 11) is 3.68. The van der Waals surface area contributed by atoms with Crippen LogP contribution in [-0.4, -0.2) is 26.8 Å². The van der Waals surface area contributed by atoms with E-state index in [0.717, 1.165) is 23.6 Å². The highest BCUT2D eigenvalue weighted by Crippen LogP contribution is 2.36. The molecule has 0 saturated heterocycles. The van der Waals surface area contributed by atoms with Crippen LogP contribution in [0.25, 0.3) is 0 Å². The molecule has 2 rings (SSSR count). The van der Waals surface area contributed by atoms with Crippen molar-refractivity contribution >= 4 is 5.69 Å². The summed E-state index contributed by atoms with van der Waals surface area (Å²) in [6, 6.07) is 8.21. The predicted octanol–water partition coefficient (Wildman–Crippen LogP) is 2.20. The third kappa shape index (κ3) is 2.28. The summed E-state index contributed by atoms with van der Waals surface area (Å²) in [6.45, 7) is 0.636. The Morgan fingerprint density at radius 2 is 2.41 bits per heavy atom. The second-order valence-electron chi connectivity index (χ2n) is 4.11. The summed E-state index contributed by atoms with van der Waals surface area (Å²) in [4.78, 5) is 2.17. The van der Waals surface area contributed by atoms with E-state index < -0.39 is 0 Å². The number of methoxy groups -OCH3 is 1. The molecule has 0 aromatic heterocycles. The molecule has 0 fully saturated rings. The largest absolute Gasteiger partial charge is 0.497 e. The van der Waals surface area contributed by atoms with Crippen LogP contribution in [0.2, 0.25) is 0 Å². The van der Waals surface area contributed by atoms with E-state index in [1.54, 1.807) is 7.11 Å². The lowest BCUT2D eigenvalue weighted by Gasteiger charge is -2.35. The van der Waals surface area contributed by atoms with E-state index in [1.807, 2.05) is 25.2 Å². The second-order valence-corrected chi connectivity index (χ2v) is 4.11. The van der Waals surface area contributed by atoms with Gasteiger partial charge in [-0.25, -0.2) is 0 Å². The maximum absolute atomic E-state index is 8.63. The molecule has 1 aliphatic rings. The van der Waals surface area contributed by atoms with Crippen molar-refractivity contribution in [3.05, 3.63) is 18.2 Å². The minimum Gasteiger partial charge on any atom is -0.497 e. The molecule has 0 N–H and O–H groups in total. The molecule has 1 aliphatic heterocycles. The van der Waals surface area contributed by atoms with Crippen LogP contribution in [0.1, 0.15) is 12.8 Å². The molecule has 0 amide bonds. The van der Waals surface area contributed by atoms with Crippen molar-refractivity contribution in [3.8, 4) is 17.6 Å². The molecular weight excluding hydrogens is 216 g/mol. The molecule has 1 unspecified atom stereocenters. The third-order valence-corrected chi connectivity index (χ3v) is 3.11. The summed E-state index contributed by atoms with van der Waals surface area (Å²) in [5.41, 5.74) is 1.03. The number of fused-ring (bicyclic) bond motifs is 1. The van der Waals surface area contributed by atoms with Crippen LogP contribution in [0.15, 0.2) is 18.2 Å². The van der Waals surface area contributed by atoms with E-state index in [9.17, 15) is 0 Å². The van der Waals surface area contributed by atoms with Crippen LogP contribution < -0.4 is 14.4 Å². The number of likely N-dealkylation sites (N-methyl/N-ethyl adjacent to an activating group) is 1. The van der Waals surface area contributed by atoms with E-state index in [2.05, 4.69) is 11.0 Å². The van der Waals surface area contributed by atoms with E-state index in [0.29, 0.717) is 13.0 Å². The lowest BCUT2D eigenvalue weighted by molar-refractivity contribution is 0.260. The number of nitriles is 1. The van der Waals surface area contributed by atoms with Gasteiger partial charge in [0.2, 0.25) is 0 Å². The minimum absolute atomic E-state index is 0.259. The van der Waals surface area contributed by atoms with E-state index in [4.69, 9.17) is 14.7 Å². The smallest absolute Gasteiger partial charge is 0.142 e. The fraction of sp³-hybridized carbons (Fsp3) is 0.462. The molecule has 1 aromatic carbocycles. The number of benzene rings is 1. The predicted molar refractivity (Wildman–Crippen MR) is 65.5 cm³/mol. The highest BCUT2D eigenvalue weighted by atomic mass is 16.5. The van der Waals surface area contributed by atoms with Crippen molar-refractivity contribution in [2.75, 3.05) is 25.7 Å². The summed E-state index contributed by atoms with van der Waals surface area (Å²) in [6.07, 6.45) is 1.38. The SMILES string of the molecule is COc1ccc2c(c1)N(C)C(CCC#N)CO2. The molecule has 1 heterocycles. The molecule has 17 heavy (non-hydrogen) atoms. The molecule has 1 aromatic rings. The zero-order valence-electron chi connectivity index (χ0n) is 10.1. The molecule has 0 saturated carbocycles. The third-order valence-electron chi connectivity index (χ3n) is 3.11. The van der Waals surface area contributed by atoms with Crippen molar-refractivity contribution in [3.63, 3.8) is 0 Å². The fourth-order valence-corrected chi connectivity index (χ4v) is 2.02. The Labute approximate surface area is 101 Å². The number of nitrogens with zero attached hydrogens (tertiary/aromatic N) is 2. The van der Waals surface area contributed by atoms with Gasteiger partial charge in [-0.3, -0.25) is 0 Å². The first-order valence-corrected chi connectivity index (χ1v) is 5.67. The first-order chi connectivity index (χ1) is 8.26. The Morgan fingerprint density at radius 3 is 3.12 bits per heavy atom. The molecule has 0 aliphatic carbocycles. The first-order valence-electron chi connectivity index (χ1n) is 5.67. The number of hydrogen-bond donors (Lipinski definition) is 0. The quantitative estimate of drug-likeness (QED) is 0.801. The molecule has 0 bridgehead atoms. The van der Waals surface area contributed by atoms with Gasteiger partial charge in [0, 0.05) is 19.5 Å². The molecular formula is C13H16N2O2. The standard InChI is InChI=1S/C13H16N2O2/c1-15-10(4-3-7-14)9-17-13-6-5-11(16-2)8-12(13)15/h5-6,8,10H,3-4,9H2,1-2H3. The number of hydrogen-bond acceptors (Lipinski definition) is 4. The molecule has 1 atom stereocenters. The Hall–Kier alpha value is -1.89. The van der Waals surface area contributed by atoms with Crippen molar-refractivity contribution < 1.29 is 9.47 Å². The van der Waals surface area contributed by atoms with Gasteiger partial charge >= 0.3 is 0 Å². The van der Waals surface area contributed by atoms with Gasteiger partial charge in [0.25, 0.3) is 0 Å². The van der Waals surface area contributed by atoms with Gasteiger partial charge in [0.05, 0.1) is 24.9 Å². The van der Waals surface area contributed by atoms with Crippen LogP contribution in [-0.2, 0) is 0 Å². The van der Waals surface area contributed by atoms with Crippen molar-refractivity contribution in [1.82, 2.24) is 0 Å². The average molecular weight is 232 g/mol. The molecule has 4 nitrogen and oxygen atoms in total. The van der Waals surface area contributed by atoms with Gasteiger partial charge in [-0.1, -0.05) is 0 Å². The van der Waals surface area contributed by atoms with E-state index in [1.165, 1.54) is 0 Å². The zero-order chi connectivity index (χ0) is 12.3. The Kier molecular flexibility index (Phi) is 3.38. The summed E-state index contributed by atoms with van der Waals surface area (Å²) in [5, 5.41) is 8.63. The average Bonchev–Trinajstić information content (AvgIpc) is 2.38. The van der Waals surface area contributed by atoms with Crippen molar-refractivity contribution in [2.24, 2.45) is 0 Å². The topological polar surface area (TPSA) is 45.5 Å². The zero-order valence-corrected chi connectivity index (χ0v) is 10.1. The molecule has 90 valence electrons. The normalized spacial score (nSPS) is 17.9. The van der Waals surface area contributed by atoms with E-state index >= 15 is 0 Å². The van der Waals surface area contributed by atoms with Crippen LogP contribution >= 0.6 is 0 Å². The maximum atomic E-state index is 8.63. The van der Waals surface area contributed by atoms with Crippen LogP contribution in [0, 0.1) is 11.3 Å². The monoisotopic (exact) mass is 232 g/mol. The van der Waals surface area contributed by atoms with Gasteiger partial charge in [0.15, 0.2) is 0 Å². The fourth-order valence-electron chi connectivity index (χ4n) is 2.02. The van der Waals surface area contributed by atoms with Gasteiger partial charge < -0.3 is 14.4 Å². The van der Waals surface area contributed by atoms with Gasteiger partial charge in [-0.2, -0.15) is 5.26 Å². The maximum Gasteiger partial charge on any atom is 0.142 e. The van der Waals surface area contributed by atoms with Crippen LogP contribution in [0.5, 0.6) is 11.5 Å². The molecule has 4 heteroatoms. The Morgan fingerprint density at radius 1 is 1.59 bits per heavy atom. The lowest BCUT2D eigenvalue weighted by atomic mass is 10.1. The van der Waals surface area contributed by atoms with Crippen molar-refractivity contribution in [1.29, 1.82) is 5.26 Å². The lowest BCUT2D eigenvalue weighted by Crippen LogP contribution is -2.40. The Balaban J connectivity index is 2.21. The molecule has 0 spiro atoms. The second kappa shape index (κ2) is 4.96. The number of anilines is 1. The van der Waals surface area contributed by atoms with Gasteiger partial charge in [-0.05, 0) is 18.6 Å². The summed E-state index contributed by atoms with van der Waals surface area (Å²) in [5.74, 6) is 1.70. The van der Waals surface area contributed by atoms with Gasteiger partial charge in [-0.15, -0.1) is 0 Å². The Bertz CT molecular complexity index is 440. The number of ether oxygens (including phenoxy) is 2. The highest BCUT2D eigenvalue weighted by Gasteiger charge is 2.24. The molecule has 0 radical (unpaired) electrons. The van der Waals surface area contributed by atoms with Crippen LogP contribution in [0.4, 0.5) is 5.69 Å². The summed E-state index contributed by atoms with van der Waals surface area (Å²) >= 11 is 0. The van der Waals surface area contributed by atoms with Gasteiger partial charge in [0.1, 0.15) is 18.1 Å². The highest BCUT2D eigenvalue weighted by molar-refractivity contribution is 5.63. The number of rotatable bonds is 3. The van der Waals surface area contributed by atoms with E-state index in [-0.39, 0.29) is 6.04 Å². The van der Waals surface area contributed by atoms with Crippen molar-refractivity contribution in [2.45, 2.75) is 18.9 Å².